The maximum Gasteiger partial charge on any atom is 0.271 e. The second-order valence-electron chi connectivity index (χ2n) is 6.11. The summed E-state index contributed by atoms with van der Waals surface area (Å²) < 4.78 is 0. The Morgan fingerprint density at radius 3 is 2.57 bits per heavy atom. The molecule has 0 radical (unpaired) electrons. The van der Waals surface area contributed by atoms with Gasteiger partial charge in [0.05, 0.1) is 17.2 Å². The van der Waals surface area contributed by atoms with E-state index in [0.29, 0.717) is 16.4 Å². The Labute approximate surface area is 165 Å². The van der Waals surface area contributed by atoms with E-state index in [0.717, 1.165) is 22.2 Å². The first-order chi connectivity index (χ1) is 13.6. The molecule has 4 aromatic rings. The number of H-pyrrole nitrogens is 1. The van der Waals surface area contributed by atoms with Crippen LogP contribution in [0.2, 0.25) is 5.02 Å². The van der Waals surface area contributed by atoms with Gasteiger partial charge in [0, 0.05) is 16.1 Å². The Morgan fingerprint density at radius 2 is 1.82 bits per heavy atom. The van der Waals surface area contributed by atoms with Gasteiger partial charge in [0.25, 0.3) is 5.91 Å². The number of rotatable bonds is 4. The summed E-state index contributed by atoms with van der Waals surface area (Å²) in [6.45, 7) is 0. The molecule has 1 aromatic heterocycles. The number of hydrogen-bond donors (Lipinski definition) is 3. The van der Waals surface area contributed by atoms with Crippen molar-refractivity contribution in [2.24, 2.45) is 5.10 Å². The monoisotopic (exact) mass is 390 g/mol. The highest BCUT2D eigenvalue weighted by molar-refractivity contribution is 6.30. The van der Waals surface area contributed by atoms with Gasteiger partial charge in [-0.2, -0.15) is 5.10 Å². The van der Waals surface area contributed by atoms with E-state index in [1.54, 1.807) is 54.6 Å². The molecule has 0 bridgehead atoms. The largest absolute Gasteiger partial charge is 0.508 e. The minimum absolute atomic E-state index is 0.173. The number of aromatic hydroxyl groups is 1. The fourth-order valence-corrected chi connectivity index (χ4v) is 2.81. The normalized spacial score (nSPS) is 11.2. The third-order valence-electron chi connectivity index (χ3n) is 4.13. The van der Waals surface area contributed by atoms with E-state index >= 15 is 0 Å². The Kier molecular flexibility index (Phi) is 4.78. The number of nitrogens with zero attached hydrogens (tertiary/aromatic N) is 2. The van der Waals surface area contributed by atoms with Gasteiger partial charge in [0.2, 0.25) is 0 Å². The first-order valence-electron chi connectivity index (χ1n) is 8.47. The van der Waals surface area contributed by atoms with E-state index in [4.69, 9.17) is 11.6 Å². The second-order valence-corrected chi connectivity index (χ2v) is 6.55. The van der Waals surface area contributed by atoms with Crippen LogP contribution in [0.25, 0.3) is 22.4 Å². The molecule has 1 amide bonds. The molecule has 0 unspecified atom stereocenters. The number of imidazole rings is 1. The fraction of sp³-hybridized carbons (Fsp3) is 0. The lowest BCUT2D eigenvalue weighted by Gasteiger charge is -2.00. The van der Waals surface area contributed by atoms with Crippen molar-refractivity contribution in [1.82, 2.24) is 15.4 Å². The number of phenolic OH excluding ortho intramolecular Hbond substituents is 1. The highest BCUT2D eigenvalue weighted by Crippen LogP contribution is 2.22. The summed E-state index contributed by atoms with van der Waals surface area (Å²) in [5.41, 5.74) is 6.13. The number of hydrogen-bond acceptors (Lipinski definition) is 4. The predicted octanol–water partition coefficient (Wildman–Crippen LogP) is 4.35. The van der Waals surface area contributed by atoms with Crippen molar-refractivity contribution in [2.75, 3.05) is 0 Å². The highest BCUT2D eigenvalue weighted by atomic mass is 35.5. The lowest BCUT2D eigenvalue weighted by molar-refractivity contribution is 0.0955. The Hall–Kier alpha value is -3.64. The van der Waals surface area contributed by atoms with Crippen LogP contribution in [0.1, 0.15) is 15.9 Å². The van der Waals surface area contributed by atoms with Crippen LogP contribution in [-0.4, -0.2) is 27.2 Å². The number of hydrazone groups is 1. The number of aromatic amines is 1. The van der Waals surface area contributed by atoms with Crippen LogP contribution in [0.15, 0.2) is 71.8 Å². The molecule has 4 rings (SSSR count). The number of phenols is 1. The van der Waals surface area contributed by atoms with Crippen LogP contribution < -0.4 is 5.43 Å². The van der Waals surface area contributed by atoms with Gasteiger partial charge in [-0.15, -0.1) is 0 Å². The highest BCUT2D eigenvalue weighted by Gasteiger charge is 2.09. The fourth-order valence-electron chi connectivity index (χ4n) is 2.69. The van der Waals surface area contributed by atoms with E-state index in [9.17, 15) is 9.90 Å². The first-order valence-corrected chi connectivity index (χ1v) is 8.84. The van der Waals surface area contributed by atoms with Crippen LogP contribution in [0.3, 0.4) is 0 Å². The lowest BCUT2D eigenvalue weighted by atomic mass is 10.2. The van der Waals surface area contributed by atoms with Crippen molar-refractivity contribution in [2.45, 2.75) is 0 Å². The molecule has 0 aliphatic rings. The van der Waals surface area contributed by atoms with Crippen molar-refractivity contribution in [3.8, 4) is 17.1 Å². The van der Waals surface area contributed by atoms with Gasteiger partial charge in [-0.3, -0.25) is 4.79 Å². The van der Waals surface area contributed by atoms with Crippen molar-refractivity contribution >= 4 is 34.8 Å². The van der Waals surface area contributed by atoms with Gasteiger partial charge >= 0.3 is 0 Å². The predicted molar refractivity (Wildman–Crippen MR) is 110 cm³/mol. The number of aromatic nitrogens is 2. The van der Waals surface area contributed by atoms with Gasteiger partial charge in [-0.05, 0) is 72.3 Å². The quantitative estimate of drug-likeness (QED) is 0.357. The van der Waals surface area contributed by atoms with Gasteiger partial charge in [0.15, 0.2) is 0 Å². The van der Waals surface area contributed by atoms with E-state index in [1.807, 2.05) is 12.1 Å². The number of carbonyl (C=O) groups is 1. The molecule has 6 nitrogen and oxygen atoms in total. The van der Waals surface area contributed by atoms with Crippen molar-refractivity contribution in [3.63, 3.8) is 0 Å². The molecule has 3 aromatic carbocycles. The minimum Gasteiger partial charge on any atom is -0.508 e. The van der Waals surface area contributed by atoms with Crippen LogP contribution in [-0.2, 0) is 0 Å². The molecular weight excluding hydrogens is 376 g/mol. The smallest absolute Gasteiger partial charge is 0.271 e. The third kappa shape index (κ3) is 3.87. The second kappa shape index (κ2) is 7.54. The first kappa shape index (κ1) is 17.8. The molecule has 0 fully saturated rings. The SMILES string of the molecule is O=C(N/N=C/c1ccc(O)cc1)c1ccc2nc(-c3ccc(Cl)cc3)[nH]c2c1. The van der Waals surface area contributed by atoms with E-state index < -0.39 is 0 Å². The average molecular weight is 391 g/mol. The summed E-state index contributed by atoms with van der Waals surface area (Å²) in [6.07, 6.45) is 1.50. The van der Waals surface area contributed by atoms with Gasteiger partial charge < -0.3 is 10.1 Å². The number of benzene rings is 3. The Balaban J connectivity index is 1.51. The standard InChI is InChI=1S/C21H15ClN4O2/c22-16-6-3-14(4-7-16)20-24-18-10-5-15(11-19(18)25-20)21(28)26-23-12-13-1-8-17(27)9-2-13/h1-12,27H,(H,24,25)(H,26,28)/b23-12+. The molecule has 0 spiro atoms. The van der Waals surface area contributed by atoms with E-state index in [2.05, 4.69) is 20.5 Å². The van der Waals surface area contributed by atoms with Crippen LogP contribution in [0.4, 0.5) is 0 Å². The molecule has 0 aliphatic carbocycles. The summed E-state index contributed by atoms with van der Waals surface area (Å²) in [7, 11) is 0. The molecule has 1 heterocycles. The summed E-state index contributed by atoms with van der Waals surface area (Å²) in [5, 5.41) is 13.9. The molecule has 7 heteroatoms. The van der Waals surface area contributed by atoms with Crippen molar-refractivity contribution < 1.29 is 9.90 Å². The van der Waals surface area contributed by atoms with Gasteiger partial charge in [0.1, 0.15) is 11.6 Å². The topological polar surface area (TPSA) is 90.4 Å². The van der Waals surface area contributed by atoms with Crippen LogP contribution in [0.5, 0.6) is 5.75 Å². The number of carbonyl (C=O) groups excluding carboxylic acids is 1. The van der Waals surface area contributed by atoms with E-state index in [-0.39, 0.29) is 11.7 Å². The molecule has 0 aliphatic heterocycles. The van der Waals surface area contributed by atoms with Gasteiger partial charge in [-0.1, -0.05) is 11.6 Å². The zero-order valence-corrected chi connectivity index (χ0v) is 15.3. The Morgan fingerprint density at radius 1 is 1.07 bits per heavy atom. The molecular formula is C21H15ClN4O2. The molecule has 3 N–H and O–H groups in total. The number of fused-ring (bicyclic) bond motifs is 1. The summed E-state index contributed by atoms with van der Waals surface area (Å²) >= 11 is 5.92. The van der Waals surface area contributed by atoms with Crippen molar-refractivity contribution in [1.29, 1.82) is 0 Å². The molecule has 138 valence electrons. The molecule has 0 saturated carbocycles. The van der Waals surface area contributed by atoms with Crippen LogP contribution in [0, 0.1) is 0 Å². The number of halogens is 1. The van der Waals surface area contributed by atoms with Gasteiger partial charge in [-0.25, -0.2) is 10.4 Å². The number of nitrogens with one attached hydrogen (secondary N) is 2. The summed E-state index contributed by atoms with van der Waals surface area (Å²) in [4.78, 5) is 20.1. The maximum atomic E-state index is 12.3. The molecule has 28 heavy (non-hydrogen) atoms. The molecule has 0 saturated heterocycles. The number of amides is 1. The van der Waals surface area contributed by atoms with E-state index in [1.165, 1.54) is 6.21 Å². The summed E-state index contributed by atoms with van der Waals surface area (Å²) in [5.74, 6) is 0.543. The minimum atomic E-state index is -0.334. The zero-order valence-electron chi connectivity index (χ0n) is 14.6. The van der Waals surface area contributed by atoms with Crippen molar-refractivity contribution in [3.05, 3.63) is 82.9 Å². The zero-order chi connectivity index (χ0) is 19.5. The third-order valence-corrected chi connectivity index (χ3v) is 4.39. The van der Waals surface area contributed by atoms with Crippen LogP contribution >= 0.6 is 11.6 Å². The Bertz CT molecular complexity index is 1170. The lowest BCUT2D eigenvalue weighted by Crippen LogP contribution is -2.17. The molecule has 0 atom stereocenters. The summed E-state index contributed by atoms with van der Waals surface area (Å²) in [6, 6.07) is 19.1. The average Bonchev–Trinajstić information content (AvgIpc) is 3.13. The maximum absolute atomic E-state index is 12.3.